The first-order chi connectivity index (χ1) is 8.59. The van der Waals surface area contributed by atoms with Gasteiger partial charge in [-0.25, -0.2) is 4.79 Å². The van der Waals surface area contributed by atoms with Crippen molar-refractivity contribution >= 4 is 11.9 Å². The molecule has 3 aliphatic rings. The van der Waals surface area contributed by atoms with Crippen molar-refractivity contribution in [1.82, 2.24) is 4.90 Å². The van der Waals surface area contributed by atoms with E-state index in [1.807, 2.05) is 0 Å². The lowest BCUT2D eigenvalue weighted by molar-refractivity contribution is -0.150. The number of carboxylic acid groups (broad SMARTS) is 1. The summed E-state index contributed by atoms with van der Waals surface area (Å²) in [5.74, 6) is 0.287. The van der Waals surface area contributed by atoms with Crippen LogP contribution in [0.15, 0.2) is 0 Å². The van der Waals surface area contributed by atoms with Crippen molar-refractivity contribution in [3.63, 3.8) is 0 Å². The van der Waals surface area contributed by atoms with Gasteiger partial charge in [0.2, 0.25) is 5.91 Å². The number of carbonyl (C=O) groups excluding carboxylic acids is 1. The van der Waals surface area contributed by atoms with E-state index in [0.717, 1.165) is 25.7 Å². The molecule has 4 nitrogen and oxygen atoms in total. The van der Waals surface area contributed by atoms with Crippen molar-refractivity contribution in [2.24, 2.45) is 17.8 Å². The fourth-order valence-corrected chi connectivity index (χ4v) is 3.86. The van der Waals surface area contributed by atoms with E-state index < -0.39 is 12.0 Å². The Balaban J connectivity index is 1.82. The van der Waals surface area contributed by atoms with Crippen LogP contribution in [0, 0.1) is 17.8 Å². The Bertz CT molecular complexity index is 381. The Morgan fingerprint density at radius 2 is 1.83 bits per heavy atom. The predicted octanol–water partition coefficient (Wildman–Crippen LogP) is 1.89. The second-order valence-electron chi connectivity index (χ2n) is 6.27. The quantitative estimate of drug-likeness (QED) is 0.815. The Kier molecular flexibility index (Phi) is 2.83. The molecule has 0 spiro atoms. The average Bonchev–Trinajstić information content (AvgIpc) is 2.94. The van der Waals surface area contributed by atoms with Crippen LogP contribution in [0.2, 0.25) is 0 Å². The van der Waals surface area contributed by atoms with Gasteiger partial charge >= 0.3 is 5.97 Å². The molecule has 4 heteroatoms. The second kappa shape index (κ2) is 4.25. The summed E-state index contributed by atoms with van der Waals surface area (Å²) in [7, 11) is 0. The SMILES string of the molecule is CC1CC1C(=O)N1C(C(=O)O)CC2CCCCC21. The summed E-state index contributed by atoms with van der Waals surface area (Å²) in [5.41, 5.74) is 0. The van der Waals surface area contributed by atoms with E-state index in [9.17, 15) is 14.7 Å². The van der Waals surface area contributed by atoms with Crippen LogP contribution in [-0.4, -0.2) is 34.0 Å². The summed E-state index contributed by atoms with van der Waals surface area (Å²) in [6.45, 7) is 2.08. The van der Waals surface area contributed by atoms with E-state index in [1.165, 1.54) is 6.42 Å². The third kappa shape index (κ3) is 1.82. The predicted molar refractivity (Wildman–Crippen MR) is 65.9 cm³/mol. The monoisotopic (exact) mass is 251 g/mol. The molecule has 2 saturated carbocycles. The summed E-state index contributed by atoms with van der Waals surface area (Å²) in [6, 6.07) is -0.349. The molecule has 3 fully saturated rings. The van der Waals surface area contributed by atoms with Crippen molar-refractivity contribution in [3.8, 4) is 0 Å². The van der Waals surface area contributed by atoms with Crippen LogP contribution in [-0.2, 0) is 9.59 Å². The van der Waals surface area contributed by atoms with Crippen molar-refractivity contribution in [2.75, 3.05) is 0 Å². The molecule has 0 aromatic carbocycles. The van der Waals surface area contributed by atoms with Crippen molar-refractivity contribution in [1.29, 1.82) is 0 Å². The Hall–Kier alpha value is -1.06. The number of carbonyl (C=O) groups is 2. The lowest BCUT2D eigenvalue weighted by Gasteiger charge is -2.33. The van der Waals surface area contributed by atoms with Gasteiger partial charge in [-0.1, -0.05) is 19.8 Å². The maximum Gasteiger partial charge on any atom is 0.326 e. The molecular formula is C14H21NO3. The largest absolute Gasteiger partial charge is 0.480 e. The number of hydrogen-bond donors (Lipinski definition) is 1. The number of nitrogens with zero attached hydrogens (tertiary/aromatic N) is 1. The summed E-state index contributed by atoms with van der Waals surface area (Å²) in [4.78, 5) is 25.6. The van der Waals surface area contributed by atoms with Gasteiger partial charge in [0.15, 0.2) is 0 Å². The highest BCUT2D eigenvalue weighted by Gasteiger charge is 2.52. The topological polar surface area (TPSA) is 57.6 Å². The Morgan fingerprint density at radius 1 is 1.17 bits per heavy atom. The first-order valence-electron chi connectivity index (χ1n) is 7.14. The Morgan fingerprint density at radius 3 is 2.44 bits per heavy atom. The number of rotatable bonds is 2. The van der Waals surface area contributed by atoms with Crippen molar-refractivity contribution < 1.29 is 14.7 Å². The van der Waals surface area contributed by atoms with Crippen molar-refractivity contribution in [2.45, 2.75) is 57.5 Å². The maximum atomic E-state index is 12.5. The minimum absolute atomic E-state index is 0.104. The van der Waals surface area contributed by atoms with Gasteiger partial charge < -0.3 is 10.0 Å². The maximum absolute atomic E-state index is 12.5. The minimum atomic E-state index is -0.814. The molecule has 18 heavy (non-hydrogen) atoms. The fourth-order valence-electron chi connectivity index (χ4n) is 3.86. The number of amides is 1. The average molecular weight is 251 g/mol. The second-order valence-corrected chi connectivity index (χ2v) is 6.27. The zero-order chi connectivity index (χ0) is 12.9. The molecule has 1 aliphatic heterocycles. The third-order valence-corrected chi connectivity index (χ3v) is 5.05. The number of fused-ring (bicyclic) bond motifs is 1. The number of likely N-dealkylation sites (tertiary alicyclic amines) is 1. The molecule has 1 amide bonds. The van der Waals surface area contributed by atoms with E-state index >= 15 is 0 Å². The van der Waals surface area contributed by atoms with E-state index in [1.54, 1.807) is 4.90 Å². The van der Waals surface area contributed by atoms with Crippen LogP contribution in [0.5, 0.6) is 0 Å². The lowest BCUT2D eigenvalue weighted by atomic mass is 9.84. The zero-order valence-corrected chi connectivity index (χ0v) is 10.8. The molecule has 0 radical (unpaired) electrons. The molecule has 100 valence electrons. The lowest BCUT2D eigenvalue weighted by Crippen LogP contribution is -2.47. The number of carboxylic acids is 1. The Labute approximate surface area is 107 Å². The molecule has 5 unspecified atom stereocenters. The van der Waals surface area contributed by atoms with Crippen LogP contribution in [0.4, 0.5) is 0 Å². The number of aliphatic carboxylic acids is 1. The summed E-state index contributed by atoms with van der Waals surface area (Å²) >= 11 is 0. The van der Waals surface area contributed by atoms with Gasteiger partial charge in [0, 0.05) is 12.0 Å². The van der Waals surface area contributed by atoms with Crippen LogP contribution >= 0.6 is 0 Å². The minimum Gasteiger partial charge on any atom is -0.480 e. The van der Waals surface area contributed by atoms with E-state index in [0.29, 0.717) is 18.3 Å². The van der Waals surface area contributed by atoms with Crippen LogP contribution in [0.25, 0.3) is 0 Å². The zero-order valence-electron chi connectivity index (χ0n) is 10.8. The van der Waals surface area contributed by atoms with Crippen LogP contribution in [0.3, 0.4) is 0 Å². The van der Waals surface area contributed by atoms with E-state index in [4.69, 9.17) is 0 Å². The first kappa shape index (κ1) is 12.0. The van der Waals surface area contributed by atoms with Gasteiger partial charge in [-0.15, -0.1) is 0 Å². The third-order valence-electron chi connectivity index (χ3n) is 5.05. The molecule has 0 aromatic rings. The first-order valence-corrected chi connectivity index (χ1v) is 7.14. The van der Waals surface area contributed by atoms with E-state index in [2.05, 4.69) is 6.92 Å². The molecule has 3 rings (SSSR count). The normalized spacial score (nSPS) is 42.5. The smallest absolute Gasteiger partial charge is 0.326 e. The van der Waals surface area contributed by atoms with Gasteiger partial charge in [-0.2, -0.15) is 0 Å². The van der Waals surface area contributed by atoms with Gasteiger partial charge in [0.05, 0.1) is 0 Å². The van der Waals surface area contributed by atoms with Crippen molar-refractivity contribution in [3.05, 3.63) is 0 Å². The number of hydrogen-bond acceptors (Lipinski definition) is 2. The van der Waals surface area contributed by atoms with Gasteiger partial charge in [0.1, 0.15) is 6.04 Å². The molecule has 1 N–H and O–H groups in total. The van der Waals surface area contributed by atoms with E-state index in [-0.39, 0.29) is 17.9 Å². The molecule has 0 bridgehead atoms. The highest BCUT2D eigenvalue weighted by atomic mass is 16.4. The molecule has 0 aromatic heterocycles. The van der Waals surface area contributed by atoms with Gasteiger partial charge in [-0.05, 0) is 37.5 Å². The van der Waals surface area contributed by atoms with Crippen LogP contribution in [0.1, 0.15) is 45.4 Å². The molecule has 1 heterocycles. The van der Waals surface area contributed by atoms with Gasteiger partial charge in [0.25, 0.3) is 0 Å². The van der Waals surface area contributed by atoms with Crippen LogP contribution < -0.4 is 0 Å². The molecule has 2 aliphatic carbocycles. The summed E-state index contributed by atoms with van der Waals surface area (Å²) in [5, 5.41) is 9.35. The van der Waals surface area contributed by atoms with Gasteiger partial charge in [-0.3, -0.25) is 4.79 Å². The fraction of sp³-hybridized carbons (Fsp3) is 0.857. The molecular weight excluding hydrogens is 230 g/mol. The summed E-state index contributed by atoms with van der Waals surface area (Å²) in [6.07, 6.45) is 6.04. The highest BCUT2D eigenvalue weighted by Crippen LogP contribution is 2.45. The standard InChI is InChI=1S/C14H21NO3/c1-8-6-10(8)13(16)15-11-5-3-2-4-9(11)7-12(15)14(17)18/h8-12H,2-7H2,1H3,(H,17,18). The molecule has 5 atom stereocenters. The molecule has 1 saturated heterocycles. The highest BCUT2D eigenvalue weighted by molar-refractivity contribution is 5.87. The summed E-state index contributed by atoms with van der Waals surface area (Å²) < 4.78 is 0.